The fourth-order valence-corrected chi connectivity index (χ4v) is 3.56. The van der Waals surface area contributed by atoms with Gasteiger partial charge < -0.3 is 5.32 Å². The topological polar surface area (TPSA) is 12.0 Å². The number of hydrogen-bond acceptors (Lipinski definition) is 2. The van der Waals surface area contributed by atoms with Crippen LogP contribution in [0.25, 0.3) is 0 Å². The number of nitrogens with one attached hydrogen (secondary N) is 1. The summed E-state index contributed by atoms with van der Waals surface area (Å²) in [5, 5.41) is 3.46. The van der Waals surface area contributed by atoms with E-state index in [1.807, 2.05) is 25.2 Å². The van der Waals surface area contributed by atoms with Crippen LogP contribution < -0.4 is 5.32 Å². The minimum atomic E-state index is -0.496. The lowest BCUT2D eigenvalue weighted by atomic mass is 9.81. The molecule has 1 unspecified atom stereocenters. The Hall–Kier alpha value is -2.03. The summed E-state index contributed by atoms with van der Waals surface area (Å²) in [6.45, 7) is 0. The van der Waals surface area contributed by atoms with E-state index >= 15 is 0 Å². The summed E-state index contributed by atoms with van der Waals surface area (Å²) >= 11 is 5.11. The van der Waals surface area contributed by atoms with Crippen LogP contribution in [0.4, 0.5) is 0 Å². The van der Waals surface area contributed by atoms with Gasteiger partial charge in [-0.3, -0.25) is 0 Å². The Bertz CT molecular complexity index is 688. The minimum absolute atomic E-state index is 0.0978. The molecule has 23 heavy (non-hydrogen) atoms. The molecule has 0 heterocycles. The molecule has 3 aromatic rings. The van der Waals surface area contributed by atoms with Crippen molar-refractivity contribution in [1.82, 2.24) is 5.32 Å². The average Bonchev–Trinajstić information content (AvgIpc) is 2.64. The number of likely N-dealkylation sites (N-methyl/N-ethyl adjacent to an activating group) is 1. The van der Waals surface area contributed by atoms with E-state index in [9.17, 15) is 0 Å². The van der Waals surface area contributed by atoms with Crippen LogP contribution >= 0.6 is 12.6 Å². The maximum absolute atomic E-state index is 5.11. The zero-order valence-electron chi connectivity index (χ0n) is 13.2. The van der Waals surface area contributed by atoms with E-state index in [0.717, 1.165) is 5.56 Å². The van der Waals surface area contributed by atoms with Gasteiger partial charge in [0.25, 0.3) is 0 Å². The molecule has 1 N–H and O–H groups in total. The molecule has 1 atom stereocenters. The van der Waals surface area contributed by atoms with Crippen LogP contribution in [0, 0.1) is 0 Å². The van der Waals surface area contributed by atoms with Gasteiger partial charge in [-0.25, -0.2) is 0 Å². The number of rotatable bonds is 5. The molecule has 0 amide bonds. The molecule has 0 aliphatic heterocycles. The van der Waals surface area contributed by atoms with Crippen molar-refractivity contribution in [2.75, 3.05) is 7.05 Å². The van der Waals surface area contributed by atoms with Crippen LogP contribution in [0.3, 0.4) is 0 Å². The summed E-state index contributed by atoms with van der Waals surface area (Å²) in [5.41, 5.74) is 3.64. The van der Waals surface area contributed by atoms with Gasteiger partial charge in [0.15, 0.2) is 0 Å². The monoisotopic (exact) mass is 319 g/mol. The molecule has 2 heteroatoms. The summed E-state index contributed by atoms with van der Waals surface area (Å²) in [6, 6.07) is 31.5. The highest BCUT2D eigenvalue weighted by atomic mass is 32.1. The molecule has 0 saturated carbocycles. The third-order valence-corrected chi connectivity index (χ3v) is 5.02. The van der Waals surface area contributed by atoms with Crippen LogP contribution in [0.1, 0.15) is 22.6 Å². The van der Waals surface area contributed by atoms with E-state index in [2.05, 4.69) is 78.1 Å². The Kier molecular flexibility index (Phi) is 4.85. The second-order valence-electron chi connectivity index (χ2n) is 5.64. The Morgan fingerprint density at radius 1 is 0.696 bits per heavy atom. The molecule has 116 valence electrons. The first-order chi connectivity index (χ1) is 11.3. The van der Waals surface area contributed by atoms with Gasteiger partial charge in [-0.05, 0) is 23.7 Å². The quantitative estimate of drug-likeness (QED) is 0.507. The molecule has 0 aliphatic rings. The van der Waals surface area contributed by atoms with Gasteiger partial charge >= 0.3 is 0 Å². The van der Waals surface area contributed by atoms with Gasteiger partial charge in [-0.2, -0.15) is 12.6 Å². The molecule has 0 fully saturated rings. The van der Waals surface area contributed by atoms with Gasteiger partial charge in [0, 0.05) is 5.92 Å². The molecule has 0 aliphatic carbocycles. The van der Waals surface area contributed by atoms with Crippen LogP contribution in [-0.2, 0) is 4.87 Å². The van der Waals surface area contributed by atoms with Crippen molar-refractivity contribution in [3.05, 3.63) is 108 Å². The highest BCUT2D eigenvalue weighted by Crippen LogP contribution is 2.44. The Morgan fingerprint density at radius 2 is 1.09 bits per heavy atom. The van der Waals surface area contributed by atoms with E-state index in [4.69, 9.17) is 12.6 Å². The van der Waals surface area contributed by atoms with Gasteiger partial charge in [0.1, 0.15) is 0 Å². The molecule has 3 rings (SSSR count). The van der Waals surface area contributed by atoms with Crippen LogP contribution in [-0.4, -0.2) is 7.05 Å². The Morgan fingerprint density at radius 3 is 1.48 bits per heavy atom. The maximum atomic E-state index is 5.11. The first-order valence-electron chi connectivity index (χ1n) is 7.82. The summed E-state index contributed by atoms with van der Waals surface area (Å²) in [6.07, 6.45) is 0. The van der Waals surface area contributed by atoms with Crippen LogP contribution in [0.5, 0.6) is 0 Å². The standard InChI is InChI=1S/C21H21NS/c1-22-21(23,19-15-9-4-10-16-19)20(17-11-5-2-6-12-17)18-13-7-3-8-14-18/h2-16,20,22-23H,1H3. The lowest BCUT2D eigenvalue weighted by Gasteiger charge is -2.38. The van der Waals surface area contributed by atoms with Crippen molar-refractivity contribution in [3.8, 4) is 0 Å². The van der Waals surface area contributed by atoms with E-state index in [0.29, 0.717) is 0 Å². The summed E-state index contributed by atoms with van der Waals surface area (Å²) < 4.78 is 0. The lowest BCUT2D eigenvalue weighted by Crippen LogP contribution is -2.41. The highest BCUT2D eigenvalue weighted by Gasteiger charge is 2.37. The molecule has 0 spiro atoms. The predicted octanol–water partition coefficient (Wildman–Crippen LogP) is 4.82. The second kappa shape index (κ2) is 7.03. The molecular weight excluding hydrogens is 298 g/mol. The average molecular weight is 319 g/mol. The van der Waals surface area contributed by atoms with E-state index in [1.165, 1.54) is 11.1 Å². The van der Waals surface area contributed by atoms with Gasteiger partial charge in [-0.1, -0.05) is 91.0 Å². The van der Waals surface area contributed by atoms with E-state index < -0.39 is 4.87 Å². The fraction of sp³-hybridized carbons (Fsp3) is 0.143. The van der Waals surface area contributed by atoms with Crippen molar-refractivity contribution >= 4 is 12.6 Å². The first-order valence-corrected chi connectivity index (χ1v) is 8.27. The van der Waals surface area contributed by atoms with E-state index in [-0.39, 0.29) is 5.92 Å². The highest BCUT2D eigenvalue weighted by molar-refractivity contribution is 7.81. The molecule has 1 nitrogen and oxygen atoms in total. The van der Waals surface area contributed by atoms with Gasteiger partial charge in [-0.15, -0.1) is 0 Å². The minimum Gasteiger partial charge on any atom is -0.302 e. The number of thiol groups is 1. The Labute approximate surface area is 143 Å². The fourth-order valence-electron chi connectivity index (χ4n) is 3.11. The van der Waals surface area contributed by atoms with Crippen LogP contribution in [0.2, 0.25) is 0 Å². The van der Waals surface area contributed by atoms with Crippen LogP contribution in [0.15, 0.2) is 91.0 Å². The molecule has 0 aromatic heterocycles. The van der Waals surface area contributed by atoms with Crippen molar-refractivity contribution in [3.63, 3.8) is 0 Å². The summed E-state index contributed by atoms with van der Waals surface area (Å²) in [4.78, 5) is -0.496. The van der Waals surface area contributed by atoms with Crippen molar-refractivity contribution in [1.29, 1.82) is 0 Å². The second-order valence-corrected chi connectivity index (χ2v) is 6.34. The first kappa shape index (κ1) is 15.9. The van der Waals surface area contributed by atoms with Crippen molar-refractivity contribution in [2.24, 2.45) is 0 Å². The molecule has 3 aromatic carbocycles. The molecule has 0 radical (unpaired) electrons. The molecule has 0 bridgehead atoms. The third kappa shape index (κ3) is 3.19. The number of benzene rings is 3. The zero-order chi connectivity index (χ0) is 16.1. The zero-order valence-corrected chi connectivity index (χ0v) is 14.1. The van der Waals surface area contributed by atoms with Crippen molar-refractivity contribution in [2.45, 2.75) is 10.8 Å². The van der Waals surface area contributed by atoms with E-state index in [1.54, 1.807) is 0 Å². The van der Waals surface area contributed by atoms with Gasteiger partial charge in [0.2, 0.25) is 0 Å². The predicted molar refractivity (Wildman–Crippen MR) is 101 cm³/mol. The summed E-state index contributed by atoms with van der Waals surface area (Å²) in [5.74, 6) is 0.0978. The normalized spacial score (nSPS) is 13.7. The maximum Gasteiger partial charge on any atom is 0.0980 e. The molecule has 0 saturated heterocycles. The Balaban J connectivity index is 2.18. The smallest absolute Gasteiger partial charge is 0.0980 e. The number of hydrogen-bond donors (Lipinski definition) is 2. The van der Waals surface area contributed by atoms with Crippen molar-refractivity contribution < 1.29 is 0 Å². The lowest BCUT2D eigenvalue weighted by molar-refractivity contribution is 0.479. The largest absolute Gasteiger partial charge is 0.302 e. The third-order valence-electron chi connectivity index (χ3n) is 4.28. The molecular formula is C21H21NS. The SMILES string of the molecule is CNC(S)(c1ccccc1)C(c1ccccc1)c1ccccc1. The summed E-state index contributed by atoms with van der Waals surface area (Å²) in [7, 11) is 1.97. The van der Waals surface area contributed by atoms with Gasteiger partial charge in [0.05, 0.1) is 4.87 Å².